The van der Waals surface area contributed by atoms with E-state index in [4.69, 9.17) is 0 Å². The lowest BCUT2D eigenvalue weighted by Gasteiger charge is -2.15. The second kappa shape index (κ2) is 10.4. The van der Waals surface area contributed by atoms with Crippen LogP contribution in [0.25, 0.3) is 0 Å². The lowest BCUT2D eigenvalue weighted by Crippen LogP contribution is -2.24. The van der Waals surface area contributed by atoms with Crippen LogP contribution in [0.5, 0.6) is 0 Å². The molecule has 1 heterocycles. The molecule has 3 rings (SSSR count). The average molecular weight is 424 g/mol. The number of nitrogens with one attached hydrogen (secondary N) is 1. The molecule has 0 aliphatic rings. The van der Waals surface area contributed by atoms with Gasteiger partial charge in [-0.15, -0.1) is 6.58 Å². The Balaban J connectivity index is 1.83. The van der Waals surface area contributed by atoms with Crippen molar-refractivity contribution in [3.63, 3.8) is 0 Å². The largest absolute Gasteiger partial charge is 0.314 e. The van der Waals surface area contributed by atoms with Crippen LogP contribution in [0.3, 0.4) is 0 Å². The van der Waals surface area contributed by atoms with Crippen LogP contribution in [0, 0.1) is 0 Å². The van der Waals surface area contributed by atoms with E-state index in [1.54, 1.807) is 10.7 Å². The van der Waals surface area contributed by atoms with Crippen molar-refractivity contribution in [2.75, 3.05) is 7.05 Å². The second-order valence-electron chi connectivity index (χ2n) is 7.33. The van der Waals surface area contributed by atoms with Crippen LogP contribution in [-0.2, 0) is 35.8 Å². The summed E-state index contributed by atoms with van der Waals surface area (Å²) in [6.07, 6.45) is 3.60. The smallest absolute Gasteiger partial charge is 0.202 e. The monoisotopic (exact) mass is 423 g/mol. The first kappa shape index (κ1) is 22.0. The molecule has 0 spiro atoms. The summed E-state index contributed by atoms with van der Waals surface area (Å²) in [5.74, 6) is 0. The van der Waals surface area contributed by atoms with E-state index in [-0.39, 0.29) is 5.03 Å². The summed E-state index contributed by atoms with van der Waals surface area (Å²) in [5.41, 5.74) is 2.92. The highest BCUT2D eigenvalue weighted by molar-refractivity contribution is 7.92. The maximum Gasteiger partial charge on any atom is 0.202 e. The Morgan fingerprint density at radius 3 is 2.30 bits per heavy atom. The zero-order valence-electron chi connectivity index (χ0n) is 17.4. The summed E-state index contributed by atoms with van der Waals surface area (Å²) >= 11 is 0. The van der Waals surface area contributed by atoms with Crippen LogP contribution in [0.4, 0.5) is 0 Å². The molecule has 0 bridgehead atoms. The number of nitrogens with zero attached hydrogens (tertiary/aromatic N) is 2. The molecule has 0 aliphatic carbocycles. The van der Waals surface area contributed by atoms with Crippen LogP contribution < -0.4 is 5.32 Å². The van der Waals surface area contributed by atoms with E-state index >= 15 is 0 Å². The van der Waals surface area contributed by atoms with Crippen molar-refractivity contribution in [3.05, 3.63) is 96.2 Å². The molecular weight excluding hydrogens is 394 g/mol. The lowest BCUT2D eigenvalue weighted by molar-refractivity contribution is 0.511. The van der Waals surface area contributed by atoms with Crippen molar-refractivity contribution in [2.45, 2.75) is 42.6 Å². The van der Waals surface area contributed by atoms with Crippen molar-refractivity contribution < 1.29 is 8.42 Å². The van der Waals surface area contributed by atoms with Crippen molar-refractivity contribution in [3.8, 4) is 0 Å². The third-order valence-electron chi connectivity index (χ3n) is 5.06. The Labute approximate surface area is 179 Å². The molecule has 0 radical (unpaired) electrons. The van der Waals surface area contributed by atoms with Crippen LogP contribution in [0.2, 0.25) is 0 Å². The van der Waals surface area contributed by atoms with E-state index in [9.17, 15) is 8.42 Å². The Bertz CT molecular complexity index is 1040. The third kappa shape index (κ3) is 5.46. The number of benzene rings is 2. The van der Waals surface area contributed by atoms with Crippen molar-refractivity contribution >= 4 is 9.84 Å². The van der Waals surface area contributed by atoms with E-state index in [1.165, 1.54) is 11.6 Å². The number of aromatic nitrogens is 2. The van der Waals surface area contributed by atoms with E-state index in [0.29, 0.717) is 19.5 Å². The van der Waals surface area contributed by atoms with Crippen LogP contribution in [-0.4, -0.2) is 30.5 Å². The molecule has 0 saturated carbocycles. The van der Waals surface area contributed by atoms with Gasteiger partial charge in [0.15, 0.2) is 5.03 Å². The Kier molecular flexibility index (Phi) is 7.60. The molecule has 6 heteroatoms. The van der Waals surface area contributed by atoms with Gasteiger partial charge in [0, 0.05) is 13.1 Å². The maximum atomic E-state index is 13.5. The highest BCUT2D eigenvalue weighted by Gasteiger charge is 2.29. The summed E-state index contributed by atoms with van der Waals surface area (Å²) in [6.45, 7) is 4.87. The minimum Gasteiger partial charge on any atom is -0.314 e. The fourth-order valence-corrected chi connectivity index (χ4v) is 5.21. The van der Waals surface area contributed by atoms with Gasteiger partial charge < -0.3 is 5.32 Å². The van der Waals surface area contributed by atoms with Crippen molar-refractivity contribution in [1.29, 1.82) is 0 Å². The van der Waals surface area contributed by atoms with Gasteiger partial charge >= 0.3 is 0 Å². The van der Waals surface area contributed by atoms with Gasteiger partial charge in [-0.3, -0.25) is 4.68 Å². The standard InChI is InChI=1S/C24H29N3O2S/c1-3-23(17-21-13-8-5-9-14-21)30(28,29)24-18-22(19-25-2)26-27(24)16-10-15-20-11-6-4-7-12-20/h3-9,11-14,18,23,25H,1,10,15-17,19H2,2H3. The first-order valence-corrected chi connectivity index (χ1v) is 11.7. The van der Waals surface area contributed by atoms with Crippen molar-refractivity contribution in [2.24, 2.45) is 0 Å². The molecule has 5 nitrogen and oxygen atoms in total. The fourth-order valence-electron chi connectivity index (χ4n) is 3.51. The highest BCUT2D eigenvalue weighted by Crippen LogP contribution is 2.22. The van der Waals surface area contributed by atoms with Crippen LogP contribution >= 0.6 is 0 Å². The normalized spacial score (nSPS) is 12.6. The number of rotatable bonds is 11. The molecule has 1 N–H and O–H groups in total. The summed E-state index contributed by atoms with van der Waals surface area (Å²) < 4.78 is 28.6. The highest BCUT2D eigenvalue weighted by atomic mass is 32.2. The number of hydrogen-bond donors (Lipinski definition) is 1. The number of sulfone groups is 1. The number of aryl methyl sites for hydroxylation is 2. The van der Waals surface area contributed by atoms with E-state index in [1.807, 2.05) is 55.6 Å². The lowest BCUT2D eigenvalue weighted by atomic mass is 10.1. The molecule has 1 atom stereocenters. The number of hydrogen-bond acceptors (Lipinski definition) is 4. The Morgan fingerprint density at radius 1 is 1.07 bits per heavy atom. The minimum absolute atomic E-state index is 0.265. The molecule has 0 fully saturated rings. The molecule has 0 amide bonds. The summed E-state index contributed by atoms with van der Waals surface area (Å²) in [4.78, 5) is 0. The first-order chi connectivity index (χ1) is 14.5. The molecular formula is C24H29N3O2S. The summed E-state index contributed by atoms with van der Waals surface area (Å²) in [6, 6.07) is 21.5. The molecule has 0 aliphatic heterocycles. The zero-order chi connectivity index (χ0) is 21.4. The van der Waals surface area contributed by atoms with Gasteiger partial charge in [0.05, 0.1) is 10.9 Å². The fraction of sp³-hybridized carbons (Fsp3) is 0.292. The molecule has 0 saturated heterocycles. The molecule has 2 aromatic carbocycles. The average Bonchev–Trinajstić information content (AvgIpc) is 3.17. The summed E-state index contributed by atoms with van der Waals surface area (Å²) in [5, 5.41) is 7.18. The predicted octanol–water partition coefficient (Wildman–Crippen LogP) is 3.81. The van der Waals surface area contributed by atoms with E-state index in [0.717, 1.165) is 24.1 Å². The SMILES string of the molecule is C=CC(Cc1ccccc1)S(=O)(=O)c1cc(CNC)nn1CCCc1ccccc1. The zero-order valence-corrected chi connectivity index (χ0v) is 18.2. The molecule has 30 heavy (non-hydrogen) atoms. The predicted molar refractivity (Wildman–Crippen MR) is 121 cm³/mol. The van der Waals surface area contributed by atoms with Gasteiger partial charge in [-0.05, 0) is 43.5 Å². The molecule has 1 unspecified atom stereocenters. The topological polar surface area (TPSA) is 64.0 Å². The quantitative estimate of drug-likeness (QED) is 0.477. The molecule has 158 valence electrons. The molecule has 1 aromatic heterocycles. The van der Waals surface area contributed by atoms with Gasteiger partial charge in [-0.2, -0.15) is 5.10 Å². The molecule has 3 aromatic rings. The first-order valence-electron chi connectivity index (χ1n) is 10.2. The third-order valence-corrected chi connectivity index (χ3v) is 7.13. The van der Waals surface area contributed by atoms with Crippen LogP contribution in [0.1, 0.15) is 23.2 Å². The van der Waals surface area contributed by atoms with E-state index < -0.39 is 15.1 Å². The van der Waals surface area contributed by atoms with Gasteiger partial charge in [-0.25, -0.2) is 8.42 Å². The van der Waals surface area contributed by atoms with Crippen LogP contribution in [0.15, 0.2) is 84.4 Å². The minimum atomic E-state index is -3.62. The Morgan fingerprint density at radius 2 is 1.70 bits per heavy atom. The maximum absolute atomic E-state index is 13.5. The summed E-state index contributed by atoms with van der Waals surface area (Å²) in [7, 11) is -1.79. The van der Waals surface area contributed by atoms with E-state index in [2.05, 4.69) is 29.1 Å². The Hall–Kier alpha value is -2.70. The van der Waals surface area contributed by atoms with Gasteiger partial charge in [0.25, 0.3) is 0 Å². The van der Waals surface area contributed by atoms with Crippen molar-refractivity contribution in [1.82, 2.24) is 15.1 Å². The van der Waals surface area contributed by atoms with Gasteiger partial charge in [0.2, 0.25) is 9.84 Å². The van der Waals surface area contributed by atoms with Gasteiger partial charge in [-0.1, -0.05) is 66.7 Å². The second-order valence-corrected chi connectivity index (χ2v) is 9.44. The van der Waals surface area contributed by atoms with Gasteiger partial charge in [0.1, 0.15) is 0 Å².